The minimum absolute atomic E-state index is 0.0609. The quantitative estimate of drug-likeness (QED) is 0.572. The standard InChI is InChI=1S/C26H29N5O5/c1-16-14-35-11-10-31(16)23-18-4-5-20(17-3-6-21(34-2)19(13-17)24(32)33)27-22(18)28-25(29-23)30-9-12-36-26(15-30)7-8-26/h3-6,13,16H,7-12,14-15H2,1-2H3,(H,32,33)/t16-/m0/s1. The molecule has 0 radical (unpaired) electrons. The van der Waals surface area contributed by atoms with Gasteiger partial charge in [-0.15, -0.1) is 0 Å². The number of benzene rings is 1. The van der Waals surface area contributed by atoms with Crippen LogP contribution in [0, 0.1) is 0 Å². The molecule has 188 valence electrons. The van der Waals surface area contributed by atoms with Crippen molar-refractivity contribution < 1.29 is 24.1 Å². The van der Waals surface area contributed by atoms with Gasteiger partial charge in [-0.05, 0) is 50.1 Å². The average Bonchev–Trinajstić information content (AvgIpc) is 3.65. The largest absolute Gasteiger partial charge is 0.496 e. The Morgan fingerprint density at radius 3 is 2.75 bits per heavy atom. The number of fused-ring (bicyclic) bond motifs is 1. The normalized spacial score (nSPS) is 21.1. The first kappa shape index (κ1) is 22.9. The Bertz CT molecular complexity index is 1330. The van der Waals surface area contributed by atoms with Crippen molar-refractivity contribution in [3.63, 3.8) is 0 Å². The van der Waals surface area contributed by atoms with Gasteiger partial charge in [-0.1, -0.05) is 0 Å². The highest BCUT2D eigenvalue weighted by molar-refractivity contribution is 5.93. The second-order valence-electron chi connectivity index (χ2n) is 9.71. The number of nitrogens with zero attached hydrogens (tertiary/aromatic N) is 5. The van der Waals surface area contributed by atoms with Crippen molar-refractivity contribution in [2.24, 2.45) is 0 Å². The van der Waals surface area contributed by atoms with Crippen molar-refractivity contribution >= 4 is 28.8 Å². The fraction of sp³-hybridized carbons (Fsp3) is 0.462. The number of pyridine rings is 1. The zero-order valence-corrected chi connectivity index (χ0v) is 20.4. The summed E-state index contributed by atoms with van der Waals surface area (Å²) in [7, 11) is 1.46. The van der Waals surface area contributed by atoms with E-state index in [0.29, 0.717) is 48.4 Å². The zero-order chi connectivity index (χ0) is 24.9. The van der Waals surface area contributed by atoms with Gasteiger partial charge in [0.1, 0.15) is 17.1 Å². The number of ether oxygens (including phenoxy) is 3. The van der Waals surface area contributed by atoms with Crippen LogP contribution in [0.1, 0.15) is 30.1 Å². The van der Waals surface area contributed by atoms with Crippen LogP contribution in [0.4, 0.5) is 11.8 Å². The number of carboxylic acids is 1. The van der Waals surface area contributed by atoms with E-state index in [1.807, 2.05) is 18.2 Å². The lowest BCUT2D eigenvalue weighted by molar-refractivity contribution is 0.0201. The molecule has 0 unspecified atom stereocenters. The van der Waals surface area contributed by atoms with E-state index in [-0.39, 0.29) is 17.2 Å². The monoisotopic (exact) mass is 491 g/mol. The second-order valence-corrected chi connectivity index (χ2v) is 9.71. The zero-order valence-electron chi connectivity index (χ0n) is 20.4. The third-order valence-electron chi connectivity index (χ3n) is 7.23. The van der Waals surface area contributed by atoms with Gasteiger partial charge in [-0.25, -0.2) is 9.78 Å². The lowest BCUT2D eigenvalue weighted by Gasteiger charge is -2.36. The van der Waals surface area contributed by atoms with Crippen LogP contribution in [0.3, 0.4) is 0 Å². The minimum atomic E-state index is -1.05. The molecule has 3 aliphatic rings. The fourth-order valence-electron chi connectivity index (χ4n) is 5.04. The Kier molecular flexibility index (Phi) is 5.65. The maximum Gasteiger partial charge on any atom is 0.339 e. The molecule has 2 saturated heterocycles. The predicted octanol–water partition coefficient (Wildman–Crippen LogP) is 2.99. The van der Waals surface area contributed by atoms with Gasteiger partial charge < -0.3 is 29.1 Å². The van der Waals surface area contributed by atoms with E-state index in [9.17, 15) is 9.90 Å². The molecule has 10 nitrogen and oxygen atoms in total. The van der Waals surface area contributed by atoms with E-state index >= 15 is 0 Å². The van der Waals surface area contributed by atoms with Crippen molar-refractivity contribution in [3.05, 3.63) is 35.9 Å². The number of anilines is 2. The molecule has 1 spiro atoms. The fourth-order valence-corrected chi connectivity index (χ4v) is 5.04. The first-order valence-electron chi connectivity index (χ1n) is 12.3. The number of hydrogen-bond donors (Lipinski definition) is 1. The molecule has 6 rings (SSSR count). The summed E-state index contributed by atoms with van der Waals surface area (Å²) in [5.74, 6) is 0.754. The molecule has 1 atom stereocenters. The van der Waals surface area contributed by atoms with Crippen LogP contribution in [0.2, 0.25) is 0 Å². The van der Waals surface area contributed by atoms with Crippen molar-refractivity contribution in [1.29, 1.82) is 0 Å². The van der Waals surface area contributed by atoms with Crippen LogP contribution in [0.25, 0.3) is 22.3 Å². The highest BCUT2D eigenvalue weighted by Crippen LogP contribution is 2.43. The lowest BCUT2D eigenvalue weighted by Crippen LogP contribution is -2.46. The highest BCUT2D eigenvalue weighted by atomic mass is 16.5. The van der Waals surface area contributed by atoms with E-state index in [0.717, 1.165) is 43.7 Å². The van der Waals surface area contributed by atoms with E-state index in [2.05, 4.69) is 16.7 Å². The van der Waals surface area contributed by atoms with Gasteiger partial charge in [-0.3, -0.25) is 0 Å². The van der Waals surface area contributed by atoms with Gasteiger partial charge in [0.15, 0.2) is 5.65 Å². The molecule has 1 aliphatic carbocycles. The van der Waals surface area contributed by atoms with E-state index in [1.54, 1.807) is 12.1 Å². The Morgan fingerprint density at radius 2 is 2.00 bits per heavy atom. The van der Waals surface area contributed by atoms with Crippen LogP contribution in [-0.4, -0.2) is 84.2 Å². The number of aromatic nitrogens is 3. The summed E-state index contributed by atoms with van der Waals surface area (Å²) in [6, 6.07) is 9.09. The maximum atomic E-state index is 11.8. The summed E-state index contributed by atoms with van der Waals surface area (Å²) in [5.41, 5.74) is 1.93. The van der Waals surface area contributed by atoms with E-state index < -0.39 is 5.97 Å². The summed E-state index contributed by atoms with van der Waals surface area (Å²) in [5, 5.41) is 10.5. The van der Waals surface area contributed by atoms with Crippen LogP contribution in [0.5, 0.6) is 5.75 Å². The molecular weight excluding hydrogens is 462 g/mol. The molecule has 3 aromatic rings. The van der Waals surface area contributed by atoms with Crippen molar-refractivity contribution in [2.75, 3.05) is 56.4 Å². The molecular formula is C26H29N5O5. The van der Waals surface area contributed by atoms with Crippen molar-refractivity contribution in [1.82, 2.24) is 15.0 Å². The van der Waals surface area contributed by atoms with Gasteiger partial charge in [0, 0.05) is 25.2 Å². The van der Waals surface area contributed by atoms with Gasteiger partial charge in [0.2, 0.25) is 5.95 Å². The topological polar surface area (TPSA) is 110 Å². The summed E-state index contributed by atoms with van der Waals surface area (Å²) in [4.78, 5) is 31.1. The molecule has 3 fully saturated rings. The predicted molar refractivity (Wildman–Crippen MR) is 134 cm³/mol. The number of rotatable bonds is 5. The summed E-state index contributed by atoms with van der Waals surface area (Å²) < 4.78 is 16.9. The third kappa shape index (κ3) is 4.10. The number of hydrogen-bond acceptors (Lipinski definition) is 9. The first-order chi connectivity index (χ1) is 17.5. The summed E-state index contributed by atoms with van der Waals surface area (Å²) in [6.07, 6.45) is 2.13. The Balaban J connectivity index is 1.46. The molecule has 2 aromatic heterocycles. The lowest BCUT2D eigenvalue weighted by atomic mass is 10.1. The van der Waals surface area contributed by atoms with Crippen LogP contribution >= 0.6 is 0 Å². The number of aromatic carboxylic acids is 1. The van der Waals surface area contributed by atoms with E-state index in [4.69, 9.17) is 29.2 Å². The molecule has 2 aliphatic heterocycles. The number of carbonyl (C=O) groups is 1. The third-order valence-corrected chi connectivity index (χ3v) is 7.23. The van der Waals surface area contributed by atoms with Gasteiger partial charge in [-0.2, -0.15) is 9.97 Å². The molecule has 0 bridgehead atoms. The number of carboxylic acid groups (broad SMARTS) is 1. The first-order valence-corrected chi connectivity index (χ1v) is 12.3. The van der Waals surface area contributed by atoms with Gasteiger partial charge >= 0.3 is 5.97 Å². The second kappa shape index (κ2) is 8.86. The molecule has 0 amide bonds. The van der Waals surface area contributed by atoms with Gasteiger partial charge in [0.25, 0.3) is 0 Å². The molecule has 36 heavy (non-hydrogen) atoms. The summed E-state index contributed by atoms with van der Waals surface area (Å²) in [6.45, 7) is 6.30. The maximum absolute atomic E-state index is 11.8. The molecule has 10 heteroatoms. The van der Waals surface area contributed by atoms with Crippen molar-refractivity contribution in [3.8, 4) is 17.0 Å². The number of morpholine rings is 2. The molecule has 1 N–H and O–H groups in total. The minimum Gasteiger partial charge on any atom is -0.496 e. The van der Waals surface area contributed by atoms with Crippen LogP contribution in [0.15, 0.2) is 30.3 Å². The average molecular weight is 492 g/mol. The molecule has 4 heterocycles. The van der Waals surface area contributed by atoms with Crippen LogP contribution < -0.4 is 14.5 Å². The van der Waals surface area contributed by atoms with Crippen LogP contribution in [-0.2, 0) is 9.47 Å². The highest BCUT2D eigenvalue weighted by Gasteiger charge is 2.48. The Labute approximate surface area is 208 Å². The van der Waals surface area contributed by atoms with Crippen molar-refractivity contribution in [2.45, 2.75) is 31.4 Å². The number of methoxy groups -OCH3 is 1. The Morgan fingerprint density at radius 1 is 1.14 bits per heavy atom. The van der Waals surface area contributed by atoms with Gasteiger partial charge in [0.05, 0.1) is 49.7 Å². The smallest absolute Gasteiger partial charge is 0.339 e. The SMILES string of the molecule is COc1ccc(-c2ccc3c(N4CCOC[C@@H]4C)nc(N4CCOC5(CC5)C4)nc3n2)cc1C(=O)O. The summed E-state index contributed by atoms with van der Waals surface area (Å²) >= 11 is 0. The molecule has 1 saturated carbocycles. The molecule has 1 aromatic carbocycles. The van der Waals surface area contributed by atoms with E-state index in [1.165, 1.54) is 7.11 Å². The Hall–Kier alpha value is -3.50.